The van der Waals surface area contributed by atoms with Crippen molar-refractivity contribution in [1.82, 2.24) is 0 Å². The summed E-state index contributed by atoms with van der Waals surface area (Å²) in [5.74, 6) is 0.520. The van der Waals surface area contributed by atoms with Gasteiger partial charge in [-0.25, -0.2) is 4.57 Å². The van der Waals surface area contributed by atoms with Crippen LogP contribution in [0.4, 0.5) is 0 Å². The molecule has 1 aromatic rings. The highest BCUT2D eigenvalue weighted by Crippen LogP contribution is 2.49. The summed E-state index contributed by atoms with van der Waals surface area (Å²) in [5.41, 5.74) is 1.28. The van der Waals surface area contributed by atoms with Crippen molar-refractivity contribution in [2.45, 2.75) is 91.4 Å². The molecule has 0 atom stereocenters. The Morgan fingerprint density at radius 2 is 1.19 bits per heavy atom. The molecule has 0 amide bonds. The van der Waals surface area contributed by atoms with Gasteiger partial charge < -0.3 is 4.52 Å². The Hall–Kier alpha value is -0.830. The molecule has 4 nitrogen and oxygen atoms in total. The number of hydrogen-bond acceptors (Lipinski definition) is 4. The molecule has 1 aromatic carbocycles. The lowest BCUT2D eigenvalue weighted by atomic mass is 10.0. The first-order valence-corrected chi connectivity index (χ1v) is 12.3. The lowest BCUT2D eigenvalue weighted by Gasteiger charge is -2.17. The van der Waals surface area contributed by atoms with Gasteiger partial charge >= 0.3 is 7.82 Å². The summed E-state index contributed by atoms with van der Waals surface area (Å²) in [5, 5.41) is 0. The summed E-state index contributed by atoms with van der Waals surface area (Å²) >= 11 is 0. The second-order valence-electron chi connectivity index (χ2n) is 6.95. The number of hydrogen-bond donors (Lipinski definition) is 0. The van der Waals surface area contributed by atoms with Crippen LogP contribution >= 0.6 is 7.82 Å². The van der Waals surface area contributed by atoms with Gasteiger partial charge in [-0.3, -0.25) is 9.05 Å². The van der Waals surface area contributed by atoms with Crippen molar-refractivity contribution in [1.29, 1.82) is 0 Å². The van der Waals surface area contributed by atoms with E-state index in [0.717, 1.165) is 6.42 Å². The van der Waals surface area contributed by atoms with Gasteiger partial charge in [-0.2, -0.15) is 0 Å². The average molecular weight is 399 g/mol. The van der Waals surface area contributed by atoms with Crippen LogP contribution in [0.1, 0.15) is 90.5 Å². The molecule has 0 bridgehead atoms. The van der Waals surface area contributed by atoms with Crippen LogP contribution in [-0.4, -0.2) is 13.2 Å². The molecule has 0 spiro atoms. The third-order valence-corrected chi connectivity index (χ3v) is 6.12. The van der Waals surface area contributed by atoms with Crippen LogP contribution in [-0.2, 0) is 20.0 Å². The minimum atomic E-state index is -3.50. The van der Waals surface area contributed by atoms with Gasteiger partial charge in [-0.15, -0.1) is 0 Å². The quantitative estimate of drug-likeness (QED) is 0.199. The zero-order valence-electron chi connectivity index (χ0n) is 17.6. The number of aryl methyl sites for hydroxylation is 1. The minimum absolute atomic E-state index is 0.286. The van der Waals surface area contributed by atoms with Gasteiger partial charge in [-0.05, 0) is 44.4 Å². The molecule has 1 rings (SSSR count). The van der Waals surface area contributed by atoms with Gasteiger partial charge in [0.25, 0.3) is 0 Å². The molecule has 156 valence electrons. The van der Waals surface area contributed by atoms with E-state index in [4.69, 9.17) is 13.6 Å². The summed E-state index contributed by atoms with van der Waals surface area (Å²) in [6, 6.07) is 7.75. The third kappa shape index (κ3) is 11.6. The van der Waals surface area contributed by atoms with E-state index in [1.165, 1.54) is 69.8 Å². The third-order valence-electron chi connectivity index (χ3n) is 4.53. The molecule has 0 aliphatic carbocycles. The van der Waals surface area contributed by atoms with Crippen molar-refractivity contribution in [3.63, 3.8) is 0 Å². The van der Waals surface area contributed by atoms with Crippen LogP contribution in [0, 0.1) is 0 Å². The second-order valence-corrected chi connectivity index (χ2v) is 8.54. The Bertz CT molecular complexity index is 506. The van der Waals surface area contributed by atoms with Gasteiger partial charge in [0, 0.05) is 0 Å². The van der Waals surface area contributed by atoms with Crippen LogP contribution in [0.15, 0.2) is 24.3 Å². The zero-order chi connectivity index (χ0) is 19.8. The van der Waals surface area contributed by atoms with E-state index in [1.54, 1.807) is 13.8 Å². The maximum absolute atomic E-state index is 12.4. The van der Waals surface area contributed by atoms with Gasteiger partial charge in [0.1, 0.15) is 5.75 Å². The number of unbranched alkanes of at least 4 members (excludes halogenated alkanes) is 9. The second kappa shape index (κ2) is 15.1. The first kappa shape index (κ1) is 24.2. The van der Waals surface area contributed by atoms with Crippen LogP contribution in [0.25, 0.3) is 0 Å². The van der Waals surface area contributed by atoms with E-state index in [2.05, 4.69) is 6.92 Å². The molecule has 5 heteroatoms. The fraction of sp³-hybridized carbons (Fsp3) is 0.727. The molecular formula is C22H39O4P. The highest BCUT2D eigenvalue weighted by atomic mass is 31.2. The molecule has 0 saturated carbocycles. The highest BCUT2D eigenvalue weighted by molar-refractivity contribution is 7.48. The molecule has 27 heavy (non-hydrogen) atoms. The van der Waals surface area contributed by atoms with Crippen LogP contribution in [0.5, 0.6) is 5.75 Å². The zero-order valence-corrected chi connectivity index (χ0v) is 18.5. The highest BCUT2D eigenvalue weighted by Gasteiger charge is 2.27. The lowest BCUT2D eigenvalue weighted by Crippen LogP contribution is -2.02. The topological polar surface area (TPSA) is 44.8 Å². The Balaban J connectivity index is 2.20. The number of rotatable bonds is 17. The van der Waals surface area contributed by atoms with Crippen molar-refractivity contribution in [2.75, 3.05) is 13.2 Å². The van der Waals surface area contributed by atoms with E-state index in [1.807, 2.05) is 24.3 Å². The predicted molar refractivity (Wildman–Crippen MR) is 113 cm³/mol. The van der Waals surface area contributed by atoms with Gasteiger partial charge in [0.2, 0.25) is 0 Å². The van der Waals surface area contributed by atoms with Crippen molar-refractivity contribution in [3.05, 3.63) is 29.8 Å². The summed E-state index contributed by atoms with van der Waals surface area (Å²) in [6.07, 6.45) is 14.6. The van der Waals surface area contributed by atoms with E-state index >= 15 is 0 Å². The largest absolute Gasteiger partial charge is 0.530 e. The Morgan fingerprint density at radius 3 is 1.67 bits per heavy atom. The monoisotopic (exact) mass is 398 g/mol. The SMILES string of the molecule is CCCCCCCCCCCCc1ccc(OP(=O)(OCC)OCC)cc1. The Kier molecular flexibility index (Phi) is 13.6. The molecule has 0 N–H and O–H groups in total. The molecule has 0 heterocycles. The van der Waals surface area contributed by atoms with Gasteiger partial charge in [-0.1, -0.05) is 76.8 Å². The van der Waals surface area contributed by atoms with E-state index in [9.17, 15) is 4.57 Å². The maximum atomic E-state index is 12.4. The molecule has 0 saturated heterocycles. The predicted octanol–water partition coefficient (Wildman–Crippen LogP) is 7.71. The average Bonchev–Trinajstić information content (AvgIpc) is 2.65. The molecule has 0 aromatic heterocycles. The fourth-order valence-corrected chi connectivity index (χ4v) is 4.26. The number of benzene rings is 1. The smallest absolute Gasteiger partial charge is 0.404 e. The molecule has 0 aliphatic heterocycles. The van der Waals surface area contributed by atoms with Gasteiger partial charge in [0.15, 0.2) is 0 Å². The van der Waals surface area contributed by atoms with Crippen LogP contribution in [0.2, 0.25) is 0 Å². The molecule has 0 fully saturated rings. The maximum Gasteiger partial charge on any atom is 0.530 e. The van der Waals surface area contributed by atoms with E-state index < -0.39 is 7.82 Å². The fourth-order valence-electron chi connectivity index (χ4n) is 3.07. The summed E-state index contributed by atoms with van der Waals surface area (Å²) in [4.78, 5) is 0. The molecule has 0 radical (unpaired) electrons. The molecule has 0 unspecified atom stereocenters. The molecule has 0 aliphatic rings. The van der Waals surface area contributed by atoms with Crippen LogP contribution in [0.3, 0.4) is 0 Å². The standard InChI is InChI=1S/C22H39O4P/c1-4-7-8-9-10-11-12-13-14-15-16-21-17-19-22(20-18-21)26-27(23,24-5-2)25-6-3/h17-20H,4-16H2,1-3H3. The molecular weight excluding hydrogens is 359 g/mol. The van der Waals surface area contributed by atoms with Crippen molar-refractivity contribution < 1.29 is 18.1 Å². The summed E-state index contributed by atoms with van der Waals surface area (Å²) in [6.45, 7) is 6.37. The van der Waals surface area contributed by atoms with E-state index in [0.29, 0.717) is 5.75 Å². The lowest BCUT2D eigenvalue weighted by molar-refractivity contribution is 0.167. The van der Waals surface area contributed by atoms with Crippen molar-refractivity contribution in [3.8, 4) is 5.75 Å². The van der Waals surface area contributed by atoms with Gasteiger partial charge in [0.05, 0.1) is 13.2 Å². The normalized spacial score (nSPS) is 11.7. The first-order valence-electron chi connectivity index (χ1n) is 10.8. The Labute approximate surface area is 166 Å². The summed E-state index contributed by atoms with van der Waals surface area (Å²) < 4.78 is 28.1. The van der Waals surface area contributed by atoms with Crippen molar-refractivity contribution in [2.24, 2.45) is 0 Å². The number of phosphoric ester groups is 1. The first-order chi connectivity index (χ1) is 13.1. The van der Waals surface area contributed by atoms with E-state index in [-0.39, 0.29) is 13.2 Å². The van der Waals surface area contributed by atoms with Crippen molar-refractivity contribution >= 4 is 7.82 Å². The number of phosphoric acid groups is 1. The minimum Gasteiger partial charge on any atom is -0.404 e. The van der Waals surface area contributed by atoms with Crippen LogP contribution < -0.4 is 4.52 Å². The summed E-state index contributed by atoms with van der Waals surface area (Å²) in [7, 11) is -3.50. The Morgan fingerprint density at radius 1 is 0.704 bits per heavy atom.